The Morgan fingerprint density at radius 3 is 2.46 bits per heavy atom. The Labute approximate surface area is 151 Å². The van der Waals surface area contributed by atoms with Crippen LogP contribution < -0.4 is 14.4 Å². The summed E-state index contributed by atoms with van der Waals surface area (Å²) in [5.74, 6) is -0.974. The number of rotatable bonds is 4. The Morgan fingerprint density at radius 2 is 1.88 bits per heavy atom. The predicted octanol–water partition coefficient (Wildman–Crippen LogP) is 2.26. The van der Waals surface area contributed by atoms with E-state index in [2.05, 4.69) is 5.32 Å². The van der Waals surface area contributed by atoms with E-state index in [0.29, 0.717) is 17.0 Å². The largest absolute Gasteiger partial charge is 0.497 e. The molecule has 7 nitrogen and oxygen atoms in total. The topological polar surface area (TPSA) is 92.8 Å². The standard InChI is InChI=1S/C18H18N2O5S/c1-12-11-26(23,24)20(18(12)22)15-8-6-13(7-9-15)17(21)19-14-4-3-5-16(10-14)25-2/h3-10,12H,11H2,1-2H3,(H,19,21)/t12-/m1/s1. The lowest BCUT2D eigenvalue weighted by Crippen LogP contribution is -2.30. The first-order valence-electron chi connectivity index (χ1n) is 7.94. The van der Waals surface area contributed by atoms with E-state index in [1.807, 2.05) is 0 Å². The average Bonchev–Trinajstić information content (AvgIpc) is 2.82. The molecule has 1 fully saturated rings. The van der Waals surface area contributed by atoms with Crippen LogP contribution in [0.4, 0.5) is 11.4 Å². The molecule has 136 valence electrons. The van der Waals surface area contributed by atoms with Crippen LogP contribution in [0, 0.1) is 5.92 Å². The first-order chi connectivity index (χ1) is 12.3. The van der Waals surface area contributed by atoms with Crippen molar-refractivity contribution in [3.63, 3.8) is 0 Å². The summed E-state index contributed by atoms with van der Waals surface area (Å²) in [7, 11) is -2.12. The molecule has 1 N–H and O–H groups in total. The molecule has 0 saturated carbocycles. The van der Waals surface area contributed by atoms with Crippen LogP contribution in [0.25, 0.3) is 0 Å². The summed E-state index contributed by atoms with van der Waals surface area (Å²) >= 11 is 0. The number of benzene rings is 2. The molecule has 1 heterocycles. The highest BCUT2D eigenvalue weighted by atomic mass is 32.2. The van der Waals surface area contributed by atoms with E-state index in [4.69, 9.17) is 4.74 Å². The van der Waals surface area contributed by atoms with Crippen LogP contribution >= 0.6 is 0 Å². The lowest BCUT2D eigenvalue weighted by atomic mass is 10.1. The van der Waals surface area contributed by atoms with Gasteiger partial charge in [-0.3, -0.25) is 9.59 Å². The second-order valence-corrected chi connectivity index (χ2v) is 7.88. The lowest BCUT2D eigenvalue weighted by molar-refractivity contribution is -0.119. The molecule has 0 radical (unpaired) electrons. The fraction of sp³-hybridized carbons (Fsp3) is 0.222. The minimum atomic E-state index is -3.66. The van der Waals surface area contributed by atoms with Crippen LogP contribution in [0.3, 0.4) is 0 Å². The van der Waals surface area contributed by atoms with Crippen molar-refractivity contribution in [2.24, 2.45) is 5.92 Å². The Kier molecular flexibility index (Phi) is 4.69. The molecule has 2 aromatic carbocycles. The van der Waals surface area contributed by atoms with Gasteiger partial charge in [0.1, 0.15) is 5.75 Å². The Hall–Kier alpha value is -2.87. The van der Waals surface area contributed by atoms with Crippen molar-refractivity contribution in [1.82, 2.24) is 0 Å². The summed E-state index contributed by atoms with van der Waals surface area (Å²) in [4.78, 5) is 24.4. The molecule has 2 amide bonds. The fourth-order valence-corrected chi connectivity index (χ4v) is 4.56. The van der Waals surface area contributed by atoms with E-state index in [1.165, 1.54) is 31.4 Å². The van der Waals surface area contributed by atoms with Crippen LogP contribution in [-0.4, -0.2) is 33.1 Å². The Balaban J connectivity index is 1.79. The third-order valence-electron chi connectivity index (χ3n) is 4.05. The highest BCUT2D eigenvalue weighted by Gasteiger charge is 2.41. The SMILES string of the molecule is COc1cccc(NC(=O)c2ccc(N3C(=O)[C@H](C)CS3(=O)=O)cc2)c1. The maximum atomic E-state index is 12.3. The van der Waals surface area contributed by atoms with Gasteiger partial charge in [0.2, 0.25) is 15.9 Å². The van der Waals surface area contributed by atoms with Crippen LogP contribution in [0.1, 0.15) is 17.3 Å². The van der Waals surface area contributed by atoms with E-state index < -0.39 is 21.8 Å². The molecule has 0 spiro atoms. The number of anilines is 2. The summed E-state index contributed by atoms with van der Waals surface area (Å²) in [5, 5.41) is 2.74. The highest BCUT2D eigenvalue weighted by Crippen LogP contribution is 2.28. The van der Waals surface area contributed by atoms with Gasteiger partial charge < -0.3 is 10.1 Å². The maximum absolute atomic E-state index is 12.3. The summed E-state index contributed by atoms with van der Waals surface area (Å²) in [5.41, 5.74) is 1.15. The minimum Gasteiger partial charge on any atom is -0.497 e. The monoisotopic (exact) mass is 374 g/mol. The van der Waals surface area contributed by atoms with E-state index in [1.54, 1.807) is 31.2 Å². The van der Waals surface area contributed by atoms with Crippen molar-refractivity contribution in [1.29, 1.82) is 0 Å². The number of amides is 2. The minimum absolute atomic E-state index is 0.204. The van der Waals surface area contributed by atoms with E-state index in [-0.39, 0.29) is 17.3 Å². The number of hydrogen-bond donors (Lipinski definition) is 1. The second kappa shape index (κ2) is 6.80. The second-order valence-electron chi connectivity index (χ2n) is 6.02. The lowest BCUT2D eigenvalue weighted by Gasteiger charge is -2.15. The molecule has 0 aromatic heterocycles. The van der Waals surface area contributed by atoms with Gasteiger partial charge in [0.05, 0.1) is 24.5 Å². The van der Waals surface area contributed by atoms with Crippen molar-refractivity contribution in [2.45, 2.75) is 6.92 Å². The molecule has 8 heteroatoms. The molecule has 1 saturated heterocycles. The van der Waals surface area contributed by atoms with E-state index in [9.17, 15) is 18.0 Å². The zero-order chi connectivity index (χ0) is 18.9. The third-order valence-corrected chi connectivity index (χ3v) is 5.92. The van der Waals surface area contributed by atoms with Gasteiger partial charge in [-0.15, -0.1) is 0 Å². The molecule has 1 atom stereocenters. The Bertz CT molecular complexity index is 954. The van der Waals surface area contributed by atoms with Crippen LogP contribution in [-0.2, 0) is 14.8 Å². The molecule has 1 aliphatic heterocycles. The predicted molar refractivity (Wildman–Crippen MR) is 97.8 cm³/mol. The first-order valence-corrected chi connectivity index (χ1v) is 9.55. The van der Waals surface area contributed by atoms with Crippen molar-refractivity contribution < 1.29 is 22.7 Å². The van der Waals surface area contributed by atoms with Gasteiger partial charge >= 0.3 is 0 Å². The summed E-state index contributed by atoms with van der Waals surface area (Å²) in [6, 6.07) is 12.8. The van der Waals surface area contributed by atoms with Gasteiger partial charge in [0.15, 0.2) is 0 Å². The van der Waals surface area contributed by atoms with Crippen molar-refractivity contribution in [2.75, 3.05) is 22.5 Å². The number of nitrogens with zero attached hydrogens (tertiary/aromatic N) is 1. The average molecular weight is 374 g/mol. The number of hydrogen-bond acceptors (Lipinski definition) is 5. The van der Waals surface area contributed by atoms with Gasteiger partial charge in [0.25, 0.3) is 5.91 Å². The third kappa shape index (κ3) is 3.41. The van der Waals surface area contributed by atoms with Gasteiger partial charge in [-0.1, -0.05) is 13.0 Å². The quantitative estimate of drug-likeness (QED) is 0.886. The number of nitrogens with one attached hydrogen (secondary N) is 1. The molecule has 3 rings (SSSR count). The summed E-state index contributed by atoms with van der Waals surface area (Å²) in [6.45, 7) is 1.58. The number of carbonyl (C=O) groups excluding carboxylic acids is 2. The number of carbonyl (C=O) groups is 2. The molecular weight excluding hydrogens is 356 g/mol. The van der Waals surface area contributed by atoms with Gasteiger partial charge in [-0.2, -0.15) is 0 Å². The fourth-order valence-electron chi connectivity index (χ4n) is 2.74. The number of ether oxygens (including phenoxy) is 1. The molecule has 0 bridgehead atoms. The normalized spacial score (nSPS) is 18.6. The van der Waals surface area contributed by atoms with Crippen LogP contribution in [0.2, 0.25) is 0 Å². The first kappa shape index (κ1) is 17.9. The van der Waals surface area contributed by atoms with Gasteiger partial charge in [-0.25, -0.2) is 12.7 Å². The highest BCUT2D eigenvalue weighted by molar-refractivity contribution is 7.94. The van der Waals surface area contributed by atoms with Crippen LogP contribution in [0.5, 0.6) is 5.75 Å². The van der Waals surface area contributed by atoms with E-state index >= 15 is 0 Å². The maximum Gasteiger partial charge on any atom is 0.255 e. The molecule has 0 unspecified atom stereocenters. The molecule has 1 aliphatic rings. The number of sulfonamides is 1. The summed E-state index contributed by atoms with van der Waals surface area (Å²) in [6.07, 6.45) is 0. The van der Waals surface area contributed by atoms with Crippen molar-refractivity contribution in [3.05, 3.63) is 54.1 Å². The van der Waals surface area contributed by atoms with Gasteiger partial charge in [0, 0.05) is 17.3 Å². The zero-order valence-electron chi connectivity index (χ0n) is 14.3. The number of methoxy groups -OCH3 is 1. The van der Waals surface area contributed by atoms with E-state index in [0.717, 1.165) is 4.31 Å². The molecule has 26 heavy (non-hydrogen) atoms. The van der Waals surface area contributed by atoms with Crippen molar-refractivity contribution in [3.8, 4) is 5.75 Å². The smallest absolute Gasteiger partial charge is 0.255 e. The molecule has 0 aliphatic carbocycles. The van der Waals surface area contributed by atoms with Crippen LogP contribution in [0.15, 0.2) is 48.5 Å². The van der Waals surface area contributed by atoms with Crippen molar-refractivity contribution >= 4 is 33.2 Å². The molecule has 2 aromatic rings. The zero-order valence-corrected chi connectivity index (χ0v) is 15.1. The molecular formula is C18H18N2O5S. The summed E-state index contributed by atoms with van der Waals surface area (Å²) < 4.78 is 30.1. The van der Waals surface area contributed by atoms with Gasteiger partial charge in [-0.05, 0) is 36.4 Å². The Morgan fingerprint density at radius 1 is 1.19 bits per heavy atom.